The van der Waals surface area contributed by atoms with Gasteiger partial charge in [0, 0.05) is 14.2 Å². The quantitative estimate of drug-likeness (QED) is 0.677. The Balaban J connectivity index is 4.12. The van der Waals surface area contributed by atoms with Crippen LogP contribution in [0.15, 0.2) is 0 Å². The van der Waals surface area contributed by atoms with Gasteiger partial charge in [-0.05, 0) is 5.92 Å². The van der Waals surface area contributed by atoms with Crippen LogP contribution in [0.2, 0.25) is 0 Å². The molecule has 0 aliphatic rings. The highest BCUT2D eigenvalue weighted by molar-refractivity contribution is 7.53. The number of hydrogen-bond acceptors (Lipinski definition) is 4. The first-order chi connectivity index (χ1) is 5.45. The largest absolute Gasteiger partial charge is 0.392 e. The molecule has 0 bridgehead atoms. The fraction of sp³-hybridized carbons (Fsp3) is 1.00. The minimum atomic E-state index is -3.04. The van der Waals surface area contributed by atoms with Crippen molar-refractivity contribution in [3.63, 3.8) is 0 Å². The molecule has 0 aliphatic heterocycles. The molecule has 0 unspecified atom stereocenters. The number of aliphatic hydroxyl groups is 1. The van der Waals surface area contributed by atoms with Crippen LogP contribution in [0.25, 0.3) is 0 Å². The van der Waals surface area contributed by atoms with Crippen molar-refractivity contribution in [3.05, 3.63) is 0 Å². The zero-order chi connectivity index (χ0) is 9.78. The summed E-state index contributed by atoms with van der Waals surface area (Å²) in [5.74, 6) is 0.0589. The summed E-state index contributed by atoms with van der Waals surface area (Å²) in [6.45, 7) is 3.70. The summed E-state index contributed by atoms with van der Waals surface area (Å²) in [5.41, 5.74) is 0. The maximum atomic E-state index is 11.5. The fourth-order valence-electron chi connectivity index (χ4n) is 0.664. The van der Waals surface area contributed by atoms with Crippen LogP contribution in [0.1, 0.15) is 13.8 Å². The Kier molecular flexibility index (Phi) is 5.02. The zero-order valence-electron chi connectivity index (χ0n) is 7.98. The Hall–Kier alpha value is 0.110. The lowest BCUT2D eigenvalue weighted by Crippen LogP contribution is -2.20. The Morgan fingerprint density at radius 3 is 2.00 bits per heavy atom. The van der Waals surface area contributed by atoms with Crippen molar-refractivity contribution in [2.24, 2.45) is 5.92 Å². The van der Waals surface area contributed by atoms with Gasteiger partial charge in [0.05, 0.1) is 12.3 Å². The molecule has 0 aliphatic carbocycles. The van der Waals surface area contributed by atoms with Crippen LogP contribution in [-0.4, -0.2) is 31.6 Å². The lowest BCUT2D eigenvalue weighted by atomic mass is 10.1. The van der Waals surface area contributed by atoms with Crippen LogP contribution < -0.4 is 0 Å². The topological polar surface area (TPSA) is 55.8 Å². The number of aliphatic hydroxyl groups excluding tert-OH is 1. The average Bonchev–Trinajstić information content (AvgIpc) is 2.04. The minimum absolute atomic E-state index is 0.0532. The van der Waals surface area contributed by atoms with E-state index in [1.807, 2.05) is 13.8 Å². The summed E-state index contributed by atoms with van der Waals surface area (Å²) in [5, 5.41) is 9.39. The first-order valence-corrected chi connectivity index (χ1v) is 5.56. The van der Waals surface area contributed by atoms with Crippen LogP contribution in [0.5, 0.6) is 0 Å². The second-order valence-corrected chi connectivity index (χ2v) is 5.29. The molecule has 0 heterocycles. The lowest BCUT2D eigenvalue weighted by molar-refractivity contribution is 0.136. The van der Waals surface area contributed by atoms with Crippen molar-refractivity contribution in [3.8, 4) is 0 Å². The summed E-state index contributed by atoms with van der Waals surface area (Å²) >= 11 is 0. The SMILES string of the molecule is COP(=O)(C[C@H](O)C(C)C)OC. The third kappa shape index (κ3) is 3.68. The molecule has 5 heteroatoms. The van der Waals surface area contributed by atoms with Gasteiger partial charge in [-0.25, -0.2) is 0 Å². The van der Waals surface area contributed by atoms with Crippen molar-refractivity contribution in [2.45, 2.75) is 20.0 Å². The smallest absolute Gasteiger partial charge is 0.332 e. The highest BCUT2D eigenvalue weighted by Gasteiger charge is 2.26. The van der Waals surface area contributed by atoms with E-state index >= 15 is 0 Å². The van der Waals surface area contributed by atoms with Gasteiger partial charge in [0.2, 0.25) is 0 Å². The van der Waals surface area contributed by atoms with E-state index in [1.54, 1.807) is 0 Å². The van der Waals surface area contributed by atoms with Gasteiger partial charge < -0.3 is 14.2 Å². The van der Waals surface area contributed by atoms with Crippen LogP contribution >= 0.6 is 7.60 Å². The van der Waals surface area contributed by atoms with Gasteiger partial charge in [-0.2, -0.15) is 0 Å². The van der Waals surface area contributed by atoms with Gasteiger partial charge in [-0.1, -0.05) is 13.8 Å². The summed E-state index contributed by atoms with van der Waals surface area (Å²) in [4.78, 5) is 0. The van der Waals surface area contributed by atoms with E-state index in [4.69, 9.17) is 0 Å². The van der Waals surface area contributed by atoms with Crippen molar-refractivity contribution in [1.82, 2.24) is 0 Å². The Morgan fingerprint density at radius 1 is 1.33 bits per heavy atom. The highest BCUT2D eigenvalue weighted by Crippen LogP contribution is 2.47. The molecule has 4 nitrogen and oxygen atoms in total. The van der Waals surface area contributed by atoms with Gasteiger partial charge in [0.15, 0.2) is 0 Å². The molecule has 0 rings (SSSR count). The van der Waals surface area contributed by atoms with Gasteiger partial charge >= 0.3 is 7.60 Å². The van der Waals surface area contributed by atoms with Crippen molar-refractivity contribution >= 4 is 7.60 Å². The molecule has 12 heavy (non-hydrogen) atoms. The van der Waals surface area contributed by atoms with E-state index in [2.05, 4.69) is 9.05 Å². The fourth-order valence-corrected chi connectivity index (χ4v) is 1.99. The van der Waals surface area contributed by atoms with Crippen LogP contribution in [0, 0.1) is 5.92 Å². The maximum absolute atomic E-state index is 11.5. The van der Waals surface area contributed by atoms with Crippen LogP contribution in [0.3, 0.4) is 0 Å². The molecule has 1 atom stereocenters. The van der Waals surface area contributed by atoms with E-state index in [9.17, 15) is 9.67 Å². The lowest BCUT2D eigenvalue weighted by Gasteiger charge is -2.19. The Labute approximate surface area is 73.4 Å². The predicted octanol–water partition coefficient (Wildman–Crippen LogP) is 1.49. The van der Waals surface area contributed by atoms with Gasteiger partial charge in [-0.3, -0.25) is 4.57 Å². The minimum Gasteiger partial charge on any atom is -0.392 e. The summed E-state index contributed by atoms with van der Waals surface area (Å²) in [7, 11) is -0.408. The van der Waals surface area contributed by atoms with E-state index in [0.29, 0.717) is 0 Å². The first-order valence-electron chi connectivity index (χ1n) is 3.83. The second kappa shape index (κ2) is 4.97. The molecule has 0 aromatic heterocycles. The van der Waals surface area contributed by atoms with Crippen molar-refractivity contribution in [1.29, 1.82) is 0 Å². The third-order valence-corrected chi connectivity index (χ3v) is 3.67. The molecule has 0 radical (unpaired) electrons. The van der Waals surface area contributed by atoms with Crippen LogP contribution in [0.4, 0.5) is 0 Å². The third-order valence-electron chi connectivity index (χ3n) is 1.74. The number of hydrogen-bond donors (Lipinski definition) is 1. The number of rotatable bonds is 5. The van der Waals surface area contributed by atoms with E-state index in [1.165, 1.54) is 14.2 Å². The first kappa shape index (κ1) is 12.1. The molecule has 0 saturated carbocycles. The summed E-state index contributed by atoms with van der Waals surface area (Å²) < 4.78 is 20.8. The zero-order valence-corrected chi connectivity index (χ0v) is 8.88. The molecule has 0 aromatic rings. The van der Waals surface area contributed by atoms with E-state index in [0.717, 1.165) is 0 Å². The Morgan fingerprint density at radius 2 is 1.75 bits per heavy atom. The molecule has 0 aromatic carbocycles. The molecule has 0 amide bonds. The van der Waals surface area contributed by atoms with E-state index in [-0.39, 0.29) is 12.1 Å². The molecular weight excluding hydrogens is 179 g/mol. The average molecular weight is 196 g/mol. The molecule has 1 N–H and O–H groups in total. The molecular formula is C7H17O4P. The van der Waals surface area contributed by atoms with Crippen LogP contribution in [-0.2, 0) is 13.6 Å². The van der Waals surface area contributed by atoms with Gasteiger partial charge in [0.25, 0.3) is 0 Å². The van der Waals surface area contributed by atoms with Gasteiger partial charge in [-0.15, -0.1) is 0 Å². The molecule has 0 fully saturated rings. The monoisotopic (exact) mass is 196 g/mol. The van der Waals surface area contributed by atoms with E-state index < -0.39 is 13.7 Å². The second-order valence-electron chi connectivity index (χ2n) is 2.97. The Bertz CT molecular complexity index is 161. The van der Waals surface area contributed by atoms with Gasteiger partial charge in [0.1, 0.15) is 0 Å². The molecule has 0 spiro atoms. The summed E-state index contributed by atoms with van der Waals surface area (Å²) in [6.07, 6.45) is -0.590. The standard InChI is InChI=1S/C7H17O4P/c1-6(2)7(8)5-12(9,10-3)11-4/h6-8H,5H2,1-4H3/t7-/m0/s1. The molecule has 0 saturated heterocycles. The summed E-state index contributed by atoms with van der Waals surface area (Å²) in [6, 6.07) is 0. The van der Waals surface area contributed by atoms with Crippen molar-refractivity contribution in [2.75, 3.05) is 20.4 Å². The predicted molar refractivity (Wildman–Crippen MR) is 47.3 cm³/mol. The molecule has 74 valence electrons. The maximum Gasteiger partial charge on any atom is 0.332 e. The van der Waals surface area contributed by atoms with Crippen molar-refractivity contribution < 1.29 is 18.7 Å². The normalized spacial score (nSPS) is 15.2. The highest BCUT2D eigenvalue weighted by atomic mass is 31.2.